The molecule has 2 aromatic rings. The highest BCUT2D eigenvalue weighted by atomic mass is 16.4. The van der Waals surface area contributed by atoms with Crippen molar-refractivity contribution in [3.63, 3.8) is 0 Å². The van der Waals surface area contributed by atoms with Gasteiger partial charge in [0.2, 0.25) is 0 Å². The maximum absolute atomic E-state index is 11.0. The summed E-state index contributed by atoms with van der Waals surface area (Å²) in [6, 6.07) is 11.7. The topological polar surface area (TPSA) is 66.0 Å². The lowest BCUT2D eigenvalue weighted by Crippen LogP contribution is -2.00. The van der Waals surface area contributed by atoms with Gasteiger partial charge in [0.1, 0.15) is 11.6 Å². The number of aryl methyl sites for hydroxylation is 2. The van der Waals surface area contributed by atoms with Crippen molar-refractivity contribution in [1.82, 2.24) is 4.57 Å². The number of carboxylic acids is 1. The average molecular weight is 280 g/mol. The molecule has 1 heterocycles. The van der Waals surface area contributed by atoms with Crippen LogP contribution < -0.4 is 0 Å². The Morgan fingerprint density at radius 3 is 2.57 bits per heavy atom. The van der Waals surface area contributed by atoms with Gasteiger partial charge in [0.05, 0.1) is 0 Å². The van der Waals surface area contributed by atoms with Crippen LogP contribution >= 0.6 is 0 Å². The van der Waals surface area contributed by atoms with E-state index in [-0.39, 0.29) is 5.57 Å². The van der Waals surface area contributed by atoms with Crippen molar-refractivity contribution >= 4 is 12.0 Å². The molecule has 0 amide bonds. The summed E-state index contributed by atoms with van der Waals surface area (Å²) in [7, 11) is 0. The molecular formula is C17H16N2O2. The van der Waals surface area contributed by atoms with E-state index in [1.165, 1.54) is 6.08 Å². The lowest BCUT2D eigenvalue weighted by molar-refractivity contribution is -0.132. The molecule has 0 aliphatic heterocycles. The number of nitrogens with zero attached hydrogens (tertiary/aromatic N) is 2. The quantitative estimate of drug-likeness (QED) is 0.692. The summed E-state index contributed by atoms with van der Waals surface area (Å²) in [4.78, 5) is 11.0. The first-order valence-electron chi connectivity index (χ1n) is 6.55. The van der Waals surface area contributed by atoms with Crippen LogP contribution in [-0.2, 0) is 4.79 Å². The zero-order chi connectivity index (χ0) is 15.6. The second kappa shape index (κ2) is 5.68. The third-order valence-corrected chi connectivity index (χ3v) is 3.38. The number of hydrogen-bond acceptors (Lipinski definition) is 2. The number of carbonyl (C=O) groups is 1. The number of carboxylic acid groups (broad SMARTS) is 1. The highest BCUT2D eigenvalue weighted by Crippen LogP contribution is 2.23. The molecule has 0 unspecified atom stereocenters. The molecule has 0 radical (unpaired) electrons. The smallest absolute Gasteiger partial charge is 0.346 e. The molecule has 1 aromatic heterocycles. The van der Waals surface area contributed by atoms with Crippen molar-refractivity contribution in [1.29, 1.82) is 5.26 Å². The zero-order valence-corrected chi connectivity index (χ0v) is 12.2. The average Bonchev–Trinajstić information content (AvgIpc) is 2.70. The molecule has 1 N–H and O–H groups in total. The van der Waals surface area contributed by atoms with Crippen LogP contribution in [0, 0.1) is 32.1 Å². The largest absolute Gasteiger partial charge is 0.477 e. The normalized spacial score (nSPS) is 11.2. The molecule has 0 aliphatic carbocycles. The van der Waals surface area contributed by atoms with Gasteiger partial charge < -0.3 is 9.67 Å². The van der Waals surface area contributed by atoms with Crippen LogP contribution in [0.15, 0.2) is 35.9 Å². The first kappa shape index (κ1) is 14.6. The minimum absolute atomic E-state index is 0.264. The summed E-state index contributed by atoms with van der Waals surface area (Å²) in [5, 5.41) is 17.8. The minimum atomic E-state index is -1.21. The fraction of sp³-hybridized carbons (Fsp3) is 0.176. The van der Waals surface area contributed by atoms with Gasteiger partial charge in [0.15, 0.2) is 0 Å². The lowest BCUT2D eigenvalue weighted by Gasteiger charge is -2.10. The summed E-state index contributed by atoms with van der Waals surface area (Å²) in [5.41, 5.74) is 4.56. The van der Waals surface area contributed by atoms with Crippen molar-refractivity contribution in [2.45, 2.75) is 20.8 Å². The third-order valence-electron chi connectivity index (χ3n) is 3.38. The van der Waals surface area contributed by atoms with Crippen molar-refractivity contribution in [3.05, 3.63) is 58.4 Å². The molecule has 2 rings (SSSR count). The first-order chi connectivity index (χ1) is 9.93. The van der Waals surface area contributed by atoms with Gasteiger partial charge in [0, 0.05) is 17.1 Å². The number of hydrogen-bond donors (Lipinski definition) is 1. The van der Waals surface area contributed by atoms with E-state index in [4.69, 9.17) is 10.4 Å². The minimum Gasteiger partial charge on any atom is -0.477 e. The van der Waals surface area contributed by atoms with Crippen LogP contribution in [0.3, 0.4) is 0 Å². The van der Waals surface area contributed by atoms with Crippen LogP contribution in [0.2, 0.25) is 0 Å². The summed E-state index contributed by atoms with van der Waals surface area (Å²) in [6.45, 7) is 5.90. The van der Waals surface area contributed by atoms with Gasteiger partial charge in [-0.3, -0.25) is 0 Å². The van der Waals surface area contributed by atoms with Crippen molar-refractivity contribution in [3.8, 4) is 11.8 Å². The molecule has 0 spiro atoms. The number of aliphatic carboxylic acids is 1. The Morgan fingerprint density at radius 1 is 1.29 bits per heavy atom. The molecule has 0 bridgehead atoms. The molecular weight excluding hydrogens is 264 g/mol. The summed E-state index contributed by atoms with van der Waals surface area (Å²) in [5.74, 6) is -1.21. The van der Waals surface area contributed by atoms with Crippen LogP contribution in [0.1, 0.15) is 22.5 Å². The van der Waals surface area contributed by atoms with E-state index in [0.29, 0.717) is 0 Å². The monoisotopic (exact) mass is 280 g/mol. The number of benzene rings is 1. The van der Waals surface area contributed by atoms with E-state index in [0.717, 1.165) is 28.2 Å². The second-order valence-corrected chi connectivity index (χ2v) is 4.98. The highest BCUT2D eigenvalue weighted by molar-refractivity contribution is 5.96. The fourth-order valence-corrected chi connectivity index (χ4v) is 2.40. The van der Waals surface area contributed by atoms with E-state index in [1.54, 1.807) is 6.07 Å². The Hall–Kier alpha value is -2.80. The van der Waals surface area contributed by atoms with Gasteiger partial charge in [0.25, 0.3) is 0 Å². The lowest BCUT2D eigenvalue weighted by atomic mass is 10.1. The zero-order valence-electron chi connectivity index (χ0n) is 12.2. The number of nitriles is 1. The van der Waals surface area contributed by atoms with Gasteiger partial charge in [-0.05, 0) is 56.2 Å². The van der Waals surface area contributed by atoms with Crippen molar-refractivity contribution in [2.24, 2.45) is 0 Å². The molecule has 21 heavy (non-hydrogen) atoms. The molecule has 106 valence electrons. The molecule has 0 saturated carbocycles. The van der Waals surface area contributed by atoms with Gasteiger partial charge in [-0.25, -0.2) is 4.79 Å². The van der Waals surface area contributed by atoms with Crippen LogP contribution in [0.4, 0.5) is 0 Å². The summed E-state index contributed by atoms with van der Waals surface area (Å²) in [6.07, 6.45) is 1.41. The van der Waals surface area contributed by atoms with E-state index in [1.807, 2.05) is 45.0 Å². The van der Waals surface area contributed by atoms with Gasteiger partial charge in [-0.2, -0.15) is 5.26 Å². The molecule has 0 aliphatic rings. The number of rotatable bonds is 3. The van der Waals surface area contributed by atoms with Gasteiger partial charge >= 0.3 is 5.97 Å². The standard InChI is InChI=1S/C17H16N2O2/c1-11-5-4-6-16(7-11)19-12(2)8-14(13(19)3)9-15(10-18)17(20)21/h4-9H,1-3H3,(H,20,21)/b15-9+. The SMILES string of the molecule is Cc1cccc(-n2c(C)cc(/C=C(\C#N)C(=O)O)c2C)c1. The first-order valence-corrected chi connectivity index (χ1v) is 6.55. The third kappa shape index (κ3) is 2.87. The molecule has 0 atom stereocenters. The highest BCUT2D eigenvalue weighted by Gasteiger charge is 2.12. The Morgan fingerprint density at radius 2 is 2.00 bits per heavy atom. The Labute approximate surface area is 123 Å². The fourth-order valence-electron chi connectivity index (χ4n) is 2.40. The predicted molar refractivity (Wildman–Crippen MR) is 81.2 cm³/mol. The van der Waals surface area contributed by atoms with Crippen molar-refractivity contribution < 1.29 is 9.90 Å². The van der Waals surface area contributed by atoms with Crippen LogP contribution in [-0.4, -0.2) is 15.6 Å². The Balaban J connectivity index is 2.58. The molecule has 0 saturated heterocycles. The maximum atomic E-state index is 11.0. The van der Waals surface area contributed by atoms with E-state index < -0.39 is 5.97 Å². The molecule has 4 heteroatoms. The van der Waals surface area contributed by atoms with E-state index >= 15 is 0 Å². The Kier molecular flexibility index (Phi) is 3.95. The second-order valence-electron chi connectivity index (χ2n) is 4.98. The van der Waals surface area contributed by atoms with Gasteiger partial charge in [-0.15, -0.1) is 0 Å². The molecule has 1 aromatic carbocycles. The Bertz CT molecular complexity index is 777. The number of aromatic nitrogens is 1. The van der Waals surface area contributed by atoms with Crippen LogP contribution in [0.5, 0.6) is 0 Å². The van der Waals surface area contributed by atoms with Gasteiger partial charge in [-0.1, -0.05) is 12.1 Å². The maximum Gasteiger partial charge on any atom is 0.346 e. The molecule has 4 nitrogen and oxygen atoms in total. The van der Waals surface area contributed by atoms with Crippen LogP contribution in [0.25, 0.3) is 11.8 Å². The summed E-state index contributed by atoms with van der Waals surface area (Å²) >= 11 is 0. The van der Waals surface area contributed by atoms with E-state index in [9.17, 15) is 4.79 Å². The van der Waals surface area contributed by atoms with E-state index in [2.05, 4.69) is 10.6 Å². The molecule has 0 fully saturated rings. The van der Waals surface area contributed by atoms with Crippen molar-refractivity contribution in [2.75, 3.05) is 0 Å². The summed E-state index contributed by atoms with van der Waals surface area (Å²) < 4.78 is 2.05. The predicted octanol–water partition coefficient (Wildman–Crippen LogP) is 3.39.